The molecule has 0 aliphatic heterocycles. The predicted octanol–water partition coefficient (Wildman–Crippen LogP) is 5.13. The van der Waals surface area contributed by atoms with Crippen molar-refractivity contribution < 1.29 is 9.47 Å². The van der Waals surface area contributed by atoms with E-state index in [2.05, 4.69) is 71.1 Å². The van der Waals surface area contributed by atoms with Gasteiger partial charge in [0.15, 0.2) is 11.5 Å². The van der Waals surface area contributed by atoms with E-state index < -0.39 is 0 Å². The molecule has 0 aliphatic carbocycles. The molecule has 0 heterocycles. The molecular weight excluding hydrogens is 378 g/mol. The number of methoxy groups -OCH3 is 1. The first kappa shape index (κ1) is 19.5. The standard InChI is InChI=1S/C21H26BrNO2/c1-4-12-25-21-19(22)13-18(14-20(21)24-3)15-23-16(2)10-11-17-8-6-5-7-9-17/h4-9,13-14,16,23H,1,10-12,15H2,2-3H3. The Morgan fingerprint density at radius 1 is 1.20 bits per heavy atom. The number of hydrogen-bond acceptors (Lipinski definition) is 3. The Balaban J connectivity index is 1.91. The average Bonchev–Trinajstić information content (AvgIpc) is 2.64. The quantitative estimate of drug-likeness (QED) is 0.557. The number of nitrogens with one attached hydrogen (secondary N) is 1. The lowest BCUT2D eigenvalue weighted by atomic mass is 10.1. The van der Waals surface area contributed by atoms with Gasteiger partial charge in [-0.15, -0.1) is 0 Å². The maximum atomic E-state index is 5.67. The smallest absolute Gasteiger partial charge is 0.175 e. The third-order valence-electron chi connectivity index (χ3n) is 4.00. The van der Waals surface area contributed by atoms with Crippen molar-refractivity contribution in [3.63, 3.8) is 0 Å². The first-order valence-electron chi connectivity index (χ1n) is 8.51. The van der Waals surface area contributed by atoms with Crippen LogP contribution in [0, 0.1) is 0 Å². The van der Waals surface area contributed by atoms with Crippen LogP contribution in [0.2, 0.25) is 0 Å². The molecular formula is C21H26BrNO2. The van der Waals surface area contributed by atoms with Gasteiger partial charge in [-0.05, 0) is 59.0 Å². The van der Waals surface area contributed by atoms with Gasteiger partial charge in [0.1, 0.15) is 6.61 Å². The molecule has 1 unspecified atom stereocenters. The molecule has 2 rings (SSSR count). The number of aryl methyl sites for hydroxylation is 1. The molecule has 0 bridgehead atoms. The Bertz CT molecular complexity index is 673. The Morgan fingerprint density at radius 2 is 1.96 bits per heavy atom. The zero-order valence-electron chi connectivity index (χ0n) is 14.9. The summed E-state index contributed by atoms with van der Waals surface area (Å²) < 4.78 is 12.0. The summed E-state index contributed by atoms with van der Waals surface area (Å²) in [6.07, 6.45) is 3.90. The van der Waals surface area contributed by atoms with Crippen LogP contribution in [-0.2, 0) is 13.0 Å². The van der Waals surface area contributed by atoms with Crippen LogP contribution in [0.1, 0.15) is 24.5 Å². The van der Waals surface area contributed by atoms with Gasteiger partial charge in [0, 0.05) is 12.6 Å². The largest absolute Gasteiger partial charge is 0.493 e. The third kappa shape index (κ3) is 6.22. The highest BCUT2D eigenvalue weighted by molar-refractivity contribution is 9.10. The van der Waals surface area contributed by atoms with Crippen molar-refractivity contribution >= 4 is 15.9 Å². The van der Waals surface area contributed by atoms with Gasteiger partial charge in [0.25, 0.3) is 0 Å². The minimum absolute atomic E-state index is 0.432. The first-order chi connectivity index (χ1) is 12.1. The fourth-order valence-electron chi connectivity index (χ4n) is 2.58. The monoisotopic (exact) mass is 403 g/mol. The van der Waals surface area contributed by atoms with Crippen LogP contribution < -0.4 is 14.8 Å². The van der Waals surface area contributed by atoms with Crippen LogP contribution in [0.15, 0.2) is 59.6 Å². The van der Waals surface area contributed by atoms with E-state index in [9.17, 15) is 0 Å². The van der Waals surface area contributed by atoms with Crippen molar-refractivity contribution in [2.75, 3.05) is 13.7 Å². The van der Waals surface area contributed by atoms with Crippen LogP contribution in [0.4, 0.5) is 0 Å². The molecule has 0 amide bonds. The fraction of sp³-hybridized carbons (Fsp3) is 0.333. The number of hydrogen-bond donors (Lipinski definition) is 1. The molecule has 4 heteroatoms. The third-order valence-corrected chi connectivity index (χ3v) is 4.59. The summed E-state index contributed by atoms with van der Waals surface area (Å²) in [5.41, 5.74) is 2.53. The molecule has 0 aromatic heterocycles. The summed E-state index contributed by atoms with van der Waals surface area (Å²) in [4.78, 5) is 0. The molecule has 25 heavy (non-hydrogen) atoms. The molecule has 1 N–H and O–H groups in total. The van der Waals surface area contributed by atoms with E-state index in [0.717, 1.165) is 35.2 Å². The Kier molecular flexibility index (Phi) is 8.02. The lowest BCUT2D eigenvalue weighted by Crippen LogP contribution is -2.26. The topological polar surface area (TPSA) is 30.5 Å². The van der Waals surface area contributed by atoms with E-state index in [1.807, 2.05) is 6.07 Å². The van der Waals surface area contributed by atoms with E-state index in [-0.39, 0.29) is 0 Å². The van der Waals surface area contributed by atoms with Gasteiger partial charge in [-0.2, -0.15) is 0 Å². The SMILES string of the molecule is C=CCOc1c(Br)cc(CNC(C)CCc2ccccc2)cc1OC. The van der Waals surface area contributed by atoms with E-state index in [1.165, 1.54) is 5.56 Å². The van der Waals surface area contributed by atoms with Gasteiger partial charge in [0.05, 0.1) is 11.6 Å². The van der Waals surface area contributed by atoms with Gasteiger partial charge >= 0.3 is 0 Å². The second-order valence-electron chi connectivity index (χ2n) is 6.01. The Labute approximate surface area is 159 Å². The van der Waals surface area contributed by atoms with Crippen molar-refractivity contribution in [3.05, 3.63) is 70.7 Å². The van der Waals surface area contributed by atoms with Crippen LogP contribution in [-0.4, -0.2) is 19.8 Å². The highest BCUT2D eigenvalue weighted by Gasteiger charge is 2.12. The normalized spacial score (nSPS) is 11.8. The van der Waals surface area contributed by atoms with Crippen molar-refractivity contribution in [1.29, 1.82) is 0 Å². The summed E-state index contributed by atoms with van der Waals surface area (Å²) in [6.45, 7) is 7.13. The van der Waals surface area contributed by atoms with Crippen LogP contribution >= 0.6 is 15.9 Å². The summed E-state index contributed by atoms with van der Waals surface area (Å²) in [7, 11) is 1.65. The molecule has 2 aromatic carbocycles. The Morgan fingerprint density at radius 3 is 2.64 bits per heavy atom. The van der Waals surface area contributed by atoms with Crippen LogP contribution in [0.3, 0.4) is 0 Å². The summed E-state index contributed by atoms with van der Waals surface area (Å²) in [5.74, 6) is 1.44. The van der Waals surface area contributed by atoms with Crippen LogP contribution in [0.25, 0.3) is 0 Å². The Hall–Kier alpha value is -1.78. The number of rotatable bonds is 10. The van der Waals surface area contributed by atoms with Crippen molar-refractivity contribution in [2.45, 2.75) is 32.4 Å². The lowest BCUT2D eigenvalue weighted by Gasteiger charge is -2.16. The van der Waals surface area contributed by atoms with Crippen molar-refractivity contribution in [2.24, 2.45) is 0 Å². The zero-order valence-corrected chi connectivity index (χ0v) is 16.5. The molecule has 0 fully saturated rings. The molecule has 2 aromatic rings. The molecule has 134 valence electrons. The van der Waals surface area contributed by atoms with Gasteiger partial charge < -0.3 is 14.8 Å². The number of ether oxygens (including phenoxy) is 2. The molecule has 0 saturated heterocycles. The minimum atomic E-state index is 0.432. The molecule has 1 atom stereocenters. The summed E-state index contributed by atoms with van der Waals surface area (Å²) in [6, 6.07) is 15.1. The summed E-state index contributed by atoms with van der Waals surface area (Å²) in [5, 5.41) is 3.58. The maximum Gasteiger partial charge on any atom is 0.175 e. The molecule has 0 aliphatic rings. The number of halogens is 1. The van der Waals surface area contributed by atoms with Gasteiger partial charge in [-0.3, -0.25) is 0 Å². The average molecular weight is 404 g/mol. The molecule has 3 nitrogen and oxygen atoms in total. The predicted molar refractivity (Wildman–Crippen MR) is 107 cm³/mol. The van der Waals surface area contributed by atoms with E-state index in [4.69, 9.17) is 9.47 Å². The van der Waals surface area contributed by atoms with E-state index in [0.29, 0.717) is 18.4 Å². The zero-order chi connectivity index (χ0) is 18.1. The van der Waals surface area contributed by atoms with Gasteiger partial charge in [-0.25, -0.2) is 0 Å². The lowest BCUT2D eigenvalue weighted by molar-refractivity contribution is 0.324. The highest BCUT2D eigenvalue weighted by atomic mass is 79.9. The summed E-state index contributed by atoms with van der Waals surface area (Å²) >= 11 is 3.57. The van der Waals surface area contributed by atoms with Crippen LogP contribution in [0.5, 0.6) is 11.5 Å². The molecule has 0 spiro atoms. The maximum absolute atomic E-state index is 5.67. The molecule has 0 radical (unpaired) electrons. The van der Waals surface area contributed by atoms with Crippen molar-refractivity contribution in [3.8, 4) is 11.5 Å². The fourth-order valence-corrected chi connectivity index (χ4v) is 3.18. The minimum Gasteiger partial charge on any atom is -0.493 e. The first-order valence-corrected chi connectivity index (χ1v) is 9.30. The number of benzene rings is 2. The highest BCUT2D eigenvalue weighted by Crippen LogP contribution is 2.36. The molecule has 0 saturated carbocycles. The van der Waals surface area contributed by atoms with E-state index >= 15 is 0 Å². The van der Waals surface area contributed by atoms with Crippen molar-refractivity contribution in [1.82, 2.24) is 5.32 Å². The second-order valence-corrected chi connectivity index (χ2v) is 6.87. The van der Waals surface area contributed by atoms with Gasteiger partial charge in [-0.1, -0.05) is 43.0 Å². The van der Waals surface area contributed by atoms with E-state index in [1.54, 1.807) is 13.2 Å². The van der Waals surface area contributed by atoms with Gasteiger partial charge in [0.2, 0.25) is 0 Å². The second kappa shape index (κ2) is 10.3.